The van der Waals surface area contributed by atoms with E-state index in [1.807, 2.05) is 54.6 Å². The van der Waals surface area contributed by atoms with Crippen LogP contribution >= 0.6 is 23.4 Å². The zero-order valence-electron chi connectivity index (χ0n) is 14.5. The lowest BCUT2D eigenvalue weighted by Crippen LogP contribution is -2.31. The van der Waals surface area contributed by atoms with Gasteiger partial charge in [-0.15, -0.1) is 5.10 Å². The van der Waals surface area contributed by atoms with E-state index in [2.05, 4.69) is 17.1 Å². The Morgan fingerprint density at radius 3 is 2.58 bits per heavy atom. The van der Waals surface area contributed by atoms with Crippen LogP contribution in [0.15, 0.2) is 64.8 Å². The highest BCUT2D eigenvalue weighted by Crippen LogP contribution is 2.31. The van der Waals surface area contributed by atoms with Crippen molar-refractivity contribution in [3.8, 4) is 0 Å². The molecule has 0 aliphatic carbocycles. The number of thioether (sulfide) groups is 1. The number of carbonyl (C=O) groups is 1. The van der Waals surface area contributed by atoms with Crippen LogP contribution in [0.4, 0.5) is 0 Å². The normalized spacial score (nSPS) is 19.0. The molecule has 0 spiro atoms. The van der Waals surface area contributed by atoms with Crippen LogP contribution in [-0.4, -0.2) is 27.4 Å². The molecule has 0 bridgehead atoms. The van der Waals surface area contributed by atoms with E-state index in [0.29, 0.717) is 16.7 Å². The zero-order valence-corrected chi connectivity index (χ0v) is 16.1. The van der Waals surface area contributed by atoms with Crippen molar-refractivity contribution in [1.82, 2.24) is 4.90 Å². The zero-order chi connectivity index (χ0) is 18.4. The minimum absolute atomic E-state index is 0.0757. The van der Waals surface area contributed by atoms with Crippen molar-refractivity contribution in [2.24, 2.45) is 10.2 Å². The van der Waals surface area contributed by atoms with Crippen molar-refractivity contribution >= 4 is 40.7 Å². The average molecular weight is 386 g/mol. The van der Waals surface area contributed by atoms with Crippen LogP contribution in [0.25, 0.3) is 0 Å². The van der Waals surface area contributed by atoms with E-state index >= 15 is 0 Å². The molecule has 1 aliphatic rings. The summed E-state index contributed by atoms with van der Waals surface area (Å²) < 4.78 is 0. The van der Waals surface area contributed by atoms with Crippen molar-refractivity contribution in [2.45, 2.75) is 31.6 Å². The van der Waals surface area contributed by atoms with Gasteiger partial charge in [0, 0.05) is 5.02 Å². The molecule has 0 saturated carbocycles. The van der Waals surface area contributed by atoms with Crippen LogP contribution in [0, 0.1) is 0 Å². The molecule has 0 N–H and O–H groups in total. The van der Waals surface area contributed by atoms with Crippen LogP contribution in [-0.2, 0) is 11.3 Å². The van der Waals surface area contributed by atoms with Gasteiger partial charge in [0.05, 0.1) is 18.0 Å². The Morgan fingerprint density at radius 1 is 1.15 bits per heavy atom. The number of rotatable bonds is 6. The summed E-state index contributed by atoms with van der Waals surface area (Å²) in [6.07, 6.45) is 3.47. The minimum Gasteiger partial charge on any atom is -0.284 e. The third-order valence-corrected chi connectivity index (χ3v) is 5.46. The van der Waals surface area contributed by atoms with Crippen molar-refractivity contribution in [3.63, 3.8) is 0 Å². The molecule has 1 amide bonds. The number of carbonyl (C=O) groups excluding carboxylic acids is 1. The number of halogens is 1. The molecule has 0 aromatic heterocycles. The molecule has 26 heavy (non-hydrogen) atoms. The Kier molecular flexibility index (Phi) is 6.47. The second-order valence-corrected chi connectivity index (χ2v) is 7.59. The largest absolute Gasteiger partial charge is 0.284 e. The third kappa shape index (κ3) is 4.74. The Hall–Kier alpha value is -2.11. The molecule has 1 aliphatic heterocycles. The van der Waals surface area contributed by atoms with E-state index in [-0.39, 0.29) is 11.2 Å². The molecule has 1 heterocycles. The Balaban J connectivity index is 1.79. The highest BCUT2D eigenvalue weighted by Gasteiger charge is 2.37. The first kappa shape index (κ1) is 18.7. The quantitative estimate of drug-likeness (QED) is 0.520. The van der Waals surface area contributed by atoms with Crippen LogP contribution in [0.2, 0.25) is 5.02 Å². The standard InChI is InChI=1S/C20H20ClN3OS/c1-2-6-18-19(25)24(14-16-7-4-3-5-8-16)20(26-18)23-22-13-15-9-11-17(21)12-10-15/h3-5,7-13,18H,2,6,14H2,1H3/b22-13+,23-20-. The molecule has 4 nitrogen and oxygen atoms in total. The lowest BCUT2D eigenvalue weighted by Gasteiger charge is -2.15. The molecule has 1 fully saturated rings. The Morgan fingerprint density at radius 2 is 1.88 bits per heavy atom. The summed E-state index contributed by atoms with van der Waals surface area (Å²) in [6.45, 7) is 2.60. The number of amides is 1. The number of benzene rings is 2. The van der Waals surface area contributed by atoms with Crippen molar-refractivity contribution in [3.05, 3.63) is 70.7 Å². The molecule has 1 unspecified atom stereocenters. The van der Waals surface area contributed by atoms with Gasteiger partial charge in [-0.05, 0) is 29.7 Å². The maximum atomic E-state index is 12.7. The summed E-state index contributed by atoms with van der Waals surface area (Å²) >= 11 is 7.39. The molecule has 1 atom stereocenters. The fraction of sp³-hybridized carbons (Fsp3) is 0.250. The second kappa shape index (κ2) is 9.01. The summed E-state index contributed by atoms with van der Waals surface area (Å²) in [5.74, 6) is 0.112. The van der Waals surface area contributed by atoms with Gasteiger partial charge in [0.15, 0.2) is 5.17 Å². The number of hydrogen-bond acceptors (Lipinski definition) is 4. The monoisotopic (exact) mass is 385 g/mol. The number of hydrogen-bond donors (Lipinski definition) is 0. The Bertz CT molecular complexity index is 806. The van der Waals surface area contributed by atoms with Gasteiger partial charge in [-0.3, -0.25) is 9.69 Å². The highest BCUT2D eigenvalue weighted by molar-refractivity contribution is 8.15. The molecule has 1 saturated heterocycles. The van der Waals surface area contributed by atoms with E-state index in [0.717, 1.165) is 24.0 Å². The maximum Gasteiger partial charge on any atom is 0.242 e. The smallest absolute Gasteiger partial charge is 0.242 e. The minimum atomic E-state index is -0.0757. The van der Waals surface area contributed by atoms with Crippen molar-refractivity contribution in [1.29, 1.82) is 0 Å². The average Bonchev–Trinajstić information content (AvgIpc) is 2.94. The molecular weight excluding hydrogens is 366 g/mol. The molecule has 0 radical (unpaired) electrons. The molecule has 3 rings (SSSR count). The first-order valence-corrected chi connectivity index (χ1v) is 9.81. The van der Waals surface area contributed by atoms with Crippen LogP contribution in [0.1, 0.15) is 30.9 Å². The molecular formula is C20H20ClN3OS. The fourth-order valence-electron chi connectivity index (χ4n) is 2.64. The SMILES string of the molecule is CCCC1S/C(=N\N=C\c2ccc(Cl)cc2)N(Cc2ccccc2)C1=O. The first-order chi connectivity index (χ1) is 12.7. The van der Waals surface area contributed by atoms with Gasteiger partial charge in [0.25, 0.3) is 0 Å². The van der Waals surface area contributed by atoms with E-state index in [4.69, 9.17) is 11.6 Å². The van der Waals surface area contributed by atoms with Gasteiger partial charge in [-0.25, -0.2) is 0 Å². The predicted octanol–water partition coefficient (Wildman–Crippen LogP) is 4.97. The molecule has 6 heteroatoms. The highest BCUT2D eigenvalue weighted by atomic mass is 35.5. The van der Waals surface area contributed by atoms with Crippen LogP contribution in [0.5, 0.6) is 0 Å². The van der Waals surface area contributed by atoms with E-state index < -0.39 is 0 Å². The lowest BCUT2D eigenvalue weighted by molar-refractivity contribution is -0.126. The topological polar surface area (TPSA) is 45.0 Å². The van der Waals surface area contributed by atoms with E-state index in [1.165, 1.54) is 11.8 Å². The second-order valence-electron chi connectivity index (χ2n) is 5.98. The molecule has 2 aromatic carbocycles. The molecule has 134 valence electrons. The summed E-state index contributed by atoms with van der Waals surface area (Å²) in [5, 5.41) is 9.76. The summed E-state index contributed by atoms with van der Waals surface area (Å²) in [5.41, 5.74) is 1.99. The van der Waals surface area contributed by atoms with Crippen molar-refractivity contribution < 1.29 is 4.79 Å². The van der Waals surface area contributed by atoms with Gasteiger partial charge in [-0.2, -0.15) is 5.10 Å². The summed E-state index contributed by atoms with van der Waals surface area (Å²) in [4.78, 5) is 14.5. The first-order valence-electron chi connectivity index (χ1n) is 8.56. The summed E-state index contributed by atoms with van der Waals surface area (Å²) in [7, 11) is 0. The van der Waals surface area contributed by atoms with Gasteiger partial charge in [-0.1, -0.05) is 79.2 Å². The van der Waals surface area contributed by atoms with Gasteiger partial charge < -0.3 is 0 Å². The van der Waals surface area contributed by atoms with Crippen molar-refractivity contribution in [2.75, 3.05) is 0 Å². The van der Waals surface area contributed by atoms with Crippen LogP contribution < -0.4 is 0 Å². The third-order valence-electron chi connectivity index (χ3n) is 3.97. The molecule has 2 aromatic rings. The number of nitrogens with zero attached hydrogens (tertiary/aromatic N) is 3. The summed E-state index contributed by atoms with van der Waals surface area (Å²) in [6, 6.07) is 17.3. The number of amidine groups is 1. The Labute approximate surface area is 163 Å². The maximum absolute atomic E-state index is 12.7. The van der Waals surface area contributed by atoms with Gasteiger partial charge in [0.1, 0.15) is 0 Å². The van der Waals surface area contributed by atoms with E-state index in [1.54, 1.807) is 11.1 Å². The van der Waals surface area contributed by atoms with E-state index in [9.17, 15) is 4.79 Å². The van der Waals surface area contributed by atoms with Gasteiger partial charge in [0.2, 0.25) is 5.91 Å². The van der Waals surface area contributed by atoms with Gasteiger partial charge >= 0.3 is 0 Å². The fourth-order valence-corrected chi connectivity index (χ4v) is 3.97. The lowest BCUT2D eigenvalue weighted by atomic mass is 10.2. The predicted molar refractivity (Wildman–Crippen MR) is 110 cm³/mol. The van der Waals surface area contributed by atoms with Crippen LogP contribution in [0.3, 0.4) is 0 Å².